The van der Waals surface area contributed by atoms with Crippen LogP contribution in [0.3, 0.4) is 0 Å². The van der Waals surface area contributed by atoms with Gasteiger partial charge in [-0.25, -0.2) is 13.4 Å². The molecule has 3 heterocycles. The van der Waals surface area contributed by atoms with Crippen LogP contribution >= 0.6 is 0 Å². The Hall–Kier alpha value is -4.36. The molecule has 0 bridgehead atoms. The van der Waals surface area contributed by atoms with Gasteiger partial charge in [-0.15, -0.1) is 0 Å². The Balaban J connectivity index is 1.43. The van der Waals surface area contributed by atoms with E-state index in [1.807, 2.05) is 39.0 Å². The number of rotatable bonds is 8. The van der Waals surface area contributed by atoms with Crippen LogP contribution in [-0.2, 0) is 22.5 Å². The Morgan fingerprint density at radius 2 is 1.64 bits per heavy atom. The standard InChI is InChI=1S/C34H45N7O5S/c1-33(2,3)23-20-24(30(45-8)25(21-23)38-47(9,43)44)36-31(42)26-19-22-11-10-12-27(29(22)39(26)7)46-28-13-14-35-32(37-28)40-15-17-41(18-16-40)34(4,5)6/h10-14,19-21,38H,15-18H2,1-9H3,(H,36,42). The van der Waals surface area contributed by atoms with Crippen molar-refractivity contribution in [2.45, 2.75) is 52.5 Å². The van der Waals surface area contributed by atoms with Crippen molar-refractivity contribution < 1.29 is 22.7 Å². The molecule has 47 heavy (non-hydrogen) atoms. The van der Waals surface area contributed by atoms with Crippen molar-refractivity contribution in [3.8, 4) is 17.4 Å². The molecule has 2 aromatic carbocycles. The normalized spacial score (nSPS) is 14.7. The third-order valence-electron chi connectivity index (χ3n) is 8.30. The van der Waals surface area contributed by atoms with Gasteiger partial charge in [0.2, 0.25) is 21.9 Å². The van der Waals surface area contributed by atoms with E-state index in [0.29, 0.717) is 34.5 Å². The lowest BCUT2D eigenvalue weighted by Gasteiger charge is -2.42. The fraction of sp³-hybridized carbons (Fsp3) is 0.441. The summed E-state index contributed by atoms with van der Waals surface area (Å²) in [6, 6.07) is 12.7. The molecule has 0 saturated carbocycles. The van der Waals surface area contributed by atoms with Gasteiger partial charge in [-0.1, -0.05) is 32.9 Å². The van der Waals surface area contributed by atoms with Crippen LogP contribution in [0.4, 0.5) is 17.3 Å². The van der Waals surface area contributed by atoms with Crippen LogP contribution in [0.25, 0.3) is 10.9 Å². The molecule has 0 spiro atoms. The number of aromatic nitrogens is 3. The molecule has 2 aromatic heterocycles. The number of nitrogens with one attached hydrogen (secondary N) is 2. The first-order valence-electron chi connectivity index (χ1n) is 15.6. The second kappa shape index (κ2) is 12.7. The summed E-state index contributed by atoms with van der Waals surface area (Å²) in [4.78, 5) is 27.7. The number of amides is 1. The van der Waals surface area contributed by atoms with Crippen molar-refractivity contribution in [3.05, 3.63) is 59.9 Å². The highest BCUT2D eigenvalue weighted by molar-refractivity contribution is 7.92. The highest BCUT2D eigenvalue weighted by Crippen LogP contribution is 2.40. The minimum atomic E-state index is -3.62. The Labute approximate surface area is 277 Å². The van der Waals surface area contributed by atoms with Crippen molar-refractivity contribution in [1.82, 2.24) is 19.4 Å². The molecule has 0 radical (unpaired) electrons. The van der Waals surface area contributed by atoms with Crippen LogP contribution < -0.4 is 24.4 Å². The number of aryl methyl sites for hydroxylation is 1. The van der Waals surface area contributed by atoms with Crippen molar-refractivity contribution in [1.29, 1.82) is 0 Å². The minimum absolute atomic E-state index is 0.113. The van der Waals surface area contributed by atoms with Crippen LogP contribution in [0, 0.1) is 0 Å². The van der Waals surface area contributed by atoms with Crippen LogP contribution in [0.2, 0.25) is 0 Å². The van der Waals surface area contributed by atoms with Crippen molar-refractivity contribution in [2.24, 2.45) is 7.05 Å². The van der Waals surface area contributed by atoms with Gasteiger partial charge in [0.1, 0.15) is 5.69 Å². The van der Waals surface area contributed by atoms with E-state index in [-0.39, 0.29) is 22.4 Å². The number of sulfonamides is 1. The van der Waals surface area contributed by atoms with Gasteiger partial charge in [0.15, 0.2) is 11.5 Å². The predicted octanol–water partition coefficient (Wildman–Crippen LogP) is 5.61. The average Bonchev–Trinajstić information content (AvgIpc) is 3.33. The molecule has 252 valence electrons. The topological polar surface area (TPSA) is 131 Å². The van der Waals surface area contributed by atoms with Gasteiger partial charge in [-0.05, 0) is 56.0 Å². The zero-order valence-electron chi connectivity index (χ0n) is 28.6. The zero-order chi connectivity index (χ0) is 34.3. The van der Waals surface area contributed by atoms with E-state index in [1.54, 1.807) is 42.1 Å². The van der Waals surface area contributed by atoms with Gasteiger partial charge in [0, 0.05) is 56.4 Å². The summed E-state index contributed by atoms with van der Waals surface area (Å²) in [5.74, 6) is 1.37. The SMILES string of the molecule is COc1c(NC(=O)c2cc3cccc(Oc4ccnc(N5CCN(C(C)(C)C)CC5)n4)c3n2C)cc(C(C)(C)C)cc1NS(C)(=O)=O. The van der Waals surface area contributed by atoms with E-state index in [0.717, 1.165) is 43.4 Å². The molecule has 0 unspecified atom stereocenters. The van der Waals surface area contributed by atoms with Gasteiger partial charge in [-0.2, -0.15) is 4.98 Å². The number of hydrogen-bond donors (Lipinski definition) is 2. The molecule has 1 aliphatic heterocycles. The third kappa shape index (κ3) is 7.62. The summed E-state index contributed by atoms with van der Waals surface area (Å²) in [5.41, 5.74) is 2.26. The number of methoxy groups -OCH3 is 1. The summed E-state index contributed by atoms with van der Waals surface area (Å²) in [6.07, 6.45) is 2.77. The molecule has 12 nitrogen and oxygen atoms in total. The van der Waals surface area contributed by atoms with E-state index in [1.165, 1.54) is 7.11 Å². The van der Waals surface area contributed by atoms with Crippen LogP contribution in [0.1, 0.15) is 57.6 Å². The van der Waals surface area contributed by atoms with E-state index >= 15 is 0 Å². The molecule has 0 atom stereocenters. The molecule has 2 N–H and O–H groups in total. The lowest BCUT2D eigenvalue weighted by Crippen LogP contribution is -2.53. The molecule has 0 aliphatic carbocycles. The molecule has 1 aliphatic rings. The highest BCUT2D eigenvalue weighted by Gasteiger charge is 2.27. The van der Waals surface area contributed by atoms with E-state index < -0.39 is 15.9 Å². The Morgan fingerprint density at radius 1 is 0.957 bits per heavy atom. The summed E-state index contributed by atoms with van der Waals surface area (Å²) >= 11 is 0. The summed E-state index contributed by atoms with van der Waals surface area (Å²) in [6.45, 7) is 16.2. The first-order valence-corrected chi connectivity index (χ1v) is 17.4. The molecule has 1 amide bonds. The third-order valence-corrected chi connectivity index (χ3v) is 8.89. The molecule has 13 heteroatoms. The Morgan fingerprint density at radius 3 is 2.26 bits per heavy atom. The fourth-order valence-corrected chi connectivity index (χ4v) is 6.30. The maximum absolute atomic E-state index is 13.8. The molecule has 1 saturated heterocycles. The lowest BCUT2D eigenvalue weighted by molar-refractivity contribution is 0.101. The summed E-state index contributed by atoms with van der Waals surface area (Å²) in [5, 5.41) is 3.76. The average molecular weight is 664 g/mol. The minimum Gasteiger partial charge on any atom is -0.492 e. The number of benzene rings is 2. The van der Waals surface area contributed by atoms with E-state index in [2.05, 4.69) is 45.6 Å². The highest BCUT2D eigenvalue weighted by atomic mass is 32.2. The summed E-state index contributed by atoms with van der Waals surface area (Å²) in [7, 11) is -0.390. The van der Waals surface area contributed by atoms with E-state index in [4.69, 9.17) is 14.5 Å². The first kappa shape index (κ1) is 34.0. The second-order valence-electron chi connectivity index (χ2n) is 13.9. The number of carbonyl (C=O) groups is 1. The number of fused-ring (bicyclic) bond motifs is 1. The second-order valence-corrected chi connectivity index (χ2v) is 15.7. The van der Waals surface area contributed by atoms with Crippen molar-refractivity contribution in [3.63, 3.8) is 0 Å². The quantitative estimate of drug-likeness (QED) is 0.247. The smallest absolute Gasteiger partial charge is 0.272 e. The van der Waals surface area contributed by atoms with Gasteiger partial charge in [-0.3, -0.25) is 14.4 Å². The predicted molar refractivity (Wildman–Crippen MR) is 187 cm³/mol. The molecule has 5 rings (SSSR count). The number of anilines is 3. The van der Waals surface area contributed by atoms with Crippen LogP contribution in [0.15, 0.2) is 48.7 Å². The lowest BCUT2D eigenvalue weighted by atomic mass is 9.86. The summed E-state index contributed by atoms with van der Waals surface area (Å²) < 4.78 is 40.5. The number of nitrogens with zero attached hydrogens (tertiary/aromatic N) is 5. The number of para-hydroxylation sites is 1. The van der Waals surface area contributed by atoms with Crippen molar-refractivity contribution in [2.75, 3.05) is 54.5 Å². The van der Waals surface area contributed by atoms with Crippen molar-refractivity contribution >= 4 is 44.2 Å². The number of carbonyl (C=O) groups excluding carboxylic acids is 1. The number of ether oxygens (including phenoxy) is 2. The largest absolute Gasteiger partial charge is 0.492 e. The van der Waals surface area contributed by atoms with Gasteiger partial charge in [0.05, 0.1) is 30.3 Å². The molecule has 1 fully saturated rings. The van der Waals surface area contributed by atoms with Crippen LogP contribution in [-0.4, -0.2) is 78.8 Å². The van der Waals surface area contributed by atoms with Gasteiger partial charge in [0.25, 0.3) is 5.91 Å². The molecular formula is C34H45N7O5S. The first-order chi connectivity index (χ1) is 21.9. The zero-order valence-corrected chi connectivity index (χ0v) is 29.4. The van der Waals surface area contributed by atoms with Gasteiger partial charge < -0.3 is 24.3 Å². The van der Waals surface area contributed by atoms with Crippen LogP contribution in [0.5, 0.6) is 17.4 Å². The number of hydrogen-bond acceptors (Lipinski definition) is 9. The van der Waals surface area contributed by atoms with E-state index in [9.17, 15) is 13.2 Å². The maximum Gasteiger partial charge on any atom is 0.272 e. The molecular weight excluding hydrogens is 618 g/mol. The Bertz CT molecular complexity index is 1900. The monoisotopic (exact) mass is 663 g/mol. The maximum atomic E-state index is 13.8. The van der Waals surface area contributed by atoms with Gasteiger partial charge >= 0.3 is 0 Å². The fourth-order valence-electron chi connectivity index (χ4n) is 5.75. The Kier molecular flexibility index (Phi) is 9.17. The molecule has 4 aromatic rings. The number of piperazine rings is 1.